The fourth-order valence-corrected chi connectivity index (χ4v) is 10.4. The van der Waals surface area contributed by atoms with Crippen LogP contribution in [0.25, 0.3) is 0 Å². The summed E-state index contributed by atoms with van der Waals surface area (Å²) in [4.78, 5) is 13.2. The van der Waals surface area contributed by atoms with E-state index in [1.165, 1.54) is 212 Å². The van der Waals surface area contributed by atoms with Crippen molar-refractivity contribution in [3.63, 3.8) is 0 Å². The van der Waals surface area contributed by atoms with Crippen LogP contribution in [0.5, 0.6) is 0 Å². The van der Waals surface area contributed by atoms with Crippen LogP contribution in [0.2, 0.25) is 0 Å². The Morgan fingerprint density at radius 2 is 0.789 bits per heavy atom. The van der Waals surface area contributed by atoms with Gasteiger partial charge in [0, 0.05) is 0 Å². The molecule has 0 aromatic heterocycles. The van der Waals surface area contributed by atoms with Crippen molar-refractivity contribution < 1.29 is 50.0 Å². The predicted molar refractivity (Wildman–Crippen MR) is 316 cm³/mol. The molecule has 448 valence electrons. The Labute approximate surface area is 467 Å². The van der Waals surface area contributed by atoms with Crippen LogP contribution in [0.1, 0.15) is 303 Å². The van der Waals surface area contributed by atoms with E-state index in [9.17, 15) is 40.5 Å². The molecule has 0 bridgehead atoms. The number of hydrogen-bond acceptors (Lipinski definition) is 10. The number of allylic oxidation sites excluding steroid dienone is 6. The highest BCUT2D eigenvalue weighted by Gasteiger charge is 2.44. The zero-order valence-electron chi connectivity index (χ0n) is 49.2. The van der Waals surface area contributed by atoms with Crippen LogP contribution in [0.15, 0.2) is 36.5 Å². The van der Waals surface area contributed by atoms with Crippen LogP contribution in [-0.4, -0.2) is 110 Å². The molecule has 1 amide bonds. The first-order valence-electron chi connectivity index (χ1n) is 32.4. The van der Waals surface area contributed by atoms with Crippen LogP contribution >= 0.6 is 0 Å². The number of ether oxygens (including phenoxy) is 2. The van der Waals surface area contributed by atoms with E-state index in [4.69, 9.17) is 9.47 Å². The highest BCUT2D eigenvalue weighted by molar-refractivity contribution is 5.80. The molecule has 1 saturated heterocycles. The predicted octanol–water partition coefficient (Wildman–Crippen LogP) is 14.6. The maximum Gasteiger partial charge on any atom is 0.249 e. The summed E-state index contributed by atoms with van der Waals surface area (Å²) in [7, 11) is 0. The summed E-state index contributed by atoms with van der Waals surface area (Å²) in [5, 5.41) is 76.2. The molecule has 0 spiro atoms. The summed E-state index contributed by atoms with van der Waals surface area (Å²) in [6.07, 6.45) is 56.5. The number of aliphatic hydroxyl groups is 7. The van der Waals surface area contributed by atoms with Gasteiger partial charge in [0.1, 0.15) is 36.6 Å². The molecule has 0 aromatic carbocycles. The standard InChI is InChI=1S/C65H123NO10/c1-3-5-7-9-11-13-15-17-19-21-23-24-25-26-27-28-29-30-31-32-33-34-35-37-39-41-43-45-47-49-51-53-58(69)64(74)66-56(55-75-65-63(73)62(72)61(71)59(54-67)76-65)60(70)57(68)52-50-48-46-44-42-40-38-36-22-20-18-16-14-12-10-8-6-4-2/h16,18,36,38,44,46,56-63,65,67-73H,3-15,17,19-35,37,39-43,45,47-55H2,1-2H3,(H,66,74)/b18-16+,38-36+,46-44+. The second kappa shape index (κ2) is 53.9. The zero-order chi connectivity index (χ0) is 55.4. The highest BCUT2D eigenvalue weighted by atomic mass is 16.7. The third-order valence-electron chi connectivity index (χ3n) is 15.7. The molecule has 9 unspecified atom stereocenters. The number of carbonyl (C=O) groups is 1. The van der Waals surface area contributed by atoms with Gasteiger partial charge in [-0.3, -0.25) is 4.79 Å². The van der Waals surface area contributed by atoms with Crippen molar-refractivity contribution in [2.75, 3.05) is 13.2 Å². The summed E-state index contributed by atoms with van der Waals surface area (Å²) in [5.41, 5.74) is 0. The number of nitrogens with one attached hydrogen (secondary N) is 1. The van der Waals surface area contributed by atoms with E-state index < -0.39 is 74.2 Å². The molecule has 1 aliphatic rings. The van der Waals surface area contributed by atoms with Crippen LogP contribution < -0.4 is 5.32 Å². The maximum atomic E-state index is 13.2. The molecular formula is C65H123NO10. The first-order valence-corrected chi connectivity index (χ1v) is 32.4. The van der Waals surface area contributed by atoms with Crippen molar-refractivity contribution in [2.24, 2.45) is 0 Å². The lowest BCUT2D eigenvalue weighted by Crippen LogP contribution is -2.60. The van der Waals surface area contributed by atoms with Crippen molar-refractivity contribution >= 4 is 5.91 Å². The largest absolute Gasteiger partial charge is 0.394 e. The molecule has 11 nitrogen and oxygen atoms in total. The van der Waals surface area contributed by atoms with Crippen molar-refractivity contribution in [1.82, 2.24) is 5.32 Å². The molecule has 1 aliphatic heterocycles. The number of unbranched alkanes of at least 4 members (excludes halogenated alkanes) is 38. The minimum absolute atomic E-state index is 0.242. The van der Waals surface area contributed by atoms with Gasteiger partial charge in [-0.1, -0.05) is 275 Å². The van der Waals surface area contributed by atoms with Gasteiger partial charge in [-0.15, -0.1) is 0 Å². The molecule has 0 radical (unpaired) electrons. The molecule has 0 aliphatic carbocycles. The van der Waals surface area contributed by atoms with Gasteiger partial charge in [0.2, 0.25) is 5.91 Å². The molecule has 1 rings (SSSR count). The van der Waals surface area contributed by atoms with Crippen molar-refractivity contribution in [3.8, 4) is 0 Å². The minimum atomic E-state index is -1.67. The molecule has 1 heterocycles. The number of rotatable bonds is 56. The second-order valence-corrected chi connectivity index (χ2v) is 22.8. The van der Waals surface area contributed by atoms with Crippen LogP contribution in [0, 0.1) is 0 Å². The van der Waals surface area contributed by atoms with E-state index in [0.29, 0.717) is 19.3 Å². The molecule has 0 aromatic rings. The first-order chi connectivity index (χ1) is 37.2. The van der Waals surface area contributed by atoms with Crippen molar-refractivity contribution in [3.05, 3.63) is 36.5 Å². The van der Waals surface area contributed by atoms with E-state index >= 15 is 0 Å². The number of amides is 1. The summed E-state index contributed by atoms with van der Waals surface area (Å²) in [6, 6.07) is -1.19. The van der Waals surface area contributed by atoms with Gasteiger partial charge in [0.05, 0.1) is 25.4 Å². The summed E-state index contributed by atoms with van der Waals surface area (Å²) in [5.74, 6) is -0.708. The Morgan fingerprint density at radius 3 is 1.17 bits per heavy atom. The topological polar surface area (TPSA) is 189 Å². The van der Waals surface area contributed by atoms with Crippen molar-refractivity contribution in [2.45, 2.75) is 358 Å². The van der Waals surface area contributed by atoms with Gasteiger partial charge < -0.3 is 50.5 Å². The SMILES string of the molecule is CCCCCCC/C=C/CC/C=C/CC/C=C/CCCC(O)C(O)C(COC1OC(CO)C(O)C(O)C1O)NC(=O)C(O)CCCCCCCCCCCCCCCCCCCCCCCCCCCCCCCCC. The van der Waals surface area contributed by atoms with Gasteiger partial charge in [0.25, 0.3) is 0 Å². The molecule has 11 heteroatoms. The van der Waals surface area contributed by atoms with Gasteiger partial charge >= 0.3 is 0 Å². The molecule has 76 heavy (non-hydrogen) atoms. The second-order valence-electron chi connectivity index (χ2n) is 22.8. The lowest BCUT2D eigenvalue weighted by atomic mass is 9.98. The van der Waals surface area contributed by atoms with Crippen molar-refractivity contribution in [1.29, 1.82) is 0 Å². The zero-order valence-corrected chi connectivity index (χ0v) is 49.2. The third kappa shape index (κ3) is 41.4. The summed E-state index contributed by atoms with van der Waals surface area (Å²) < 4.78 is 11.1. The Kier molecular flexibility index (Phi) is 51.3. The van der Waals surface area contributed by atoms with Crippen LogP contribution in [-0.2, 0) is 14.3 Å². The van der Waals surface area contributed by atoms with E-state index in [2.05, 4.69) is 55.6 Å². The highest BCUT2D eigenvalue weighted by Crippen LogP contribution is 2.24. The average molecular weight is 1080 g/mol. The maximum absolute atomic E-state index is 13.2. The third-order valence-corrected chi connectivity index (χ3v) is 15.7. The van der Waals surface area contributed by atoms with E-state index in [-0.39, 0.29) is 12.8 Å². The Balaban J connectivity index is 2.22. The first kappa shape index (κ1) is 72.3. The lowest BCUT2D eigenvalue weighted by molar-refractivity contribution is -0.303. The van der Waals surface area contributed by atoms with Gasteiger partial charge in [-0.2, -0.15) is 0 Å². The van der Waals surface area contributed by atoms with Gasteiger partial charge in [0.15, 0.2) is 6.29 Å². The molecular weight excluding hydrogens is 955 g/mol. The summed E-state index contributed by atoms with van der Waals surface area (Å²) >= 11 is 0. The fraction of sp³-hybridized carbons (Fsp3) is 0.892. The number of carbonyl (C=O) groups excluding carboxylic acids is 1. The average Bonchev–Trinajstić information content (AvgIpc) is 3.42. The van der Waals surface area contributed by atoms with E-state index in [1.54, 1.807) is 0 Å². The van der Waals surface area contributed by atoms with Gasteiger partial charge in [-0.25, -0.2) is 0 Å². The van der Waals surface area contributed by atoms with E-state index in [1.807, 2.05) is 0 Å². The van der Waals surface area contributed by atoms with Crippen LogP contribution in [0.4, 0.5) is 0 Å². The summed E-state index contributed by atoms with van der Waals surface area (Å²) in [6.45, 7) is 3.45. The number of hydrogen-bond donors (Lipinski definition) is 8. The minimum Gasteiger partial charge on any atom is -0.394 e. The monoisotopic (exact) mass is 1080 g/mol. The van der Waals surface area contributed by atoms with Gasteiger partial charge in [-0.05, 0) is 64.2 Å². The molecule has 1 fully saturated rings. The fourth-order valence-electron chi connectivity index (χ4n) is 10.4. The Morgan fingerprint density at radius 1 is 0.447 bits per heavy atom. The van der Waals surface area contributed by atoms with Crippen LogP contribution in [0.3, 0.4) is 0 Å². The Hall–Kier alpha value is -1.67. The quantitative estimate of drug-likeness (QED) is 0.0215. The smallest absolute Gasteiger partial charge is 0.249 e. The number of aliphatic hydroxyl groups excluding tert-OH is 7. The molecule has 0 saturated carbocycles. The lowest BCUT2D eigenvalue weighted by Gasteiger charge is -2.40. The molecule has 9 atom stereocenters. The molecule has 8 N–H and O–H groups in total. The normalized spacial score (nSPS) is 19.8. The van der Waals surface area contributed by atoms with E-state index in [0.717, 1.165) is 44.9 Å². The Bertz CT molecular complexity index is 1330.